The first kappa shape index (κ1) is 12.9. The quantitative estimate of drug-likeness (QED) is 0.844. The van der Waals surface area contributed by atoms with Crippen molar-refractivity contribution >= 4 is 34.8 Å². The van der Waals surface area contributed by atoms with Gasteiger partial charge in [-0.2, -0.15) is 0 Å². The number of halogens is 3. The van der Waals surface area contributed by atoms with Crippen LogP contribution in [0.25, 0.3) is 0 Å². The second kappa shape index (κ2) is 5.80. The summed E-state index contributed by atoms with van der Waals surface area (Å²) < 4.78 is 5.06. The maximum atomic E-state index is 6.12. The van der Waals surface area contributed by atoms with Gasteiger partial charge in [-0.15, -0.1) is 11.6 Å². The van der Waals surface area contributed by atoms with Crippen LogP contribution in [0.4, 0.5) is 0 Å². The molecule has 1 N–H and O–H groups in total. The molecule has 0 amide bonds. The zero-order valence-electron chi connectivity index (χ0n) is 8.48. The van der Waals surface area contributed by atoms with Gasteiger partial charge in [0.1, 0.15) is 10.8 Å². The summed E-state index contributed by atoms with van der Waals surface area (Å²) in [4.78, 5) is 0. The molecular formula is C10H12Cl3NO. The summed E-state index contributed by atoms with van der Waals surface area (Å²) in [6, 6.07) is 3.62. The minimum Gasteiger partial charge on any atom is -0.495 e. The largest absolute Gasteiger partial charge is 0.495 e. The molecule has 84 valence electrons. The van der Waals surface area contributed by atoms with Crippen molar-refractivity contribution in [1.29, 1.82) is 0 Å². The van der Waals surface area contributed by atoms with Gasteiger partial charge in [0.2, 0.25) is 0 Å². The molecule has 0 aliphatic heterocycles. The van der Waals surface area contributed by atoms with Gasteiger partial charge in [0, 0.05) is 11.9 Å². The molecular weight excluding hydrogens is 256 g/mol. The van der Waals surface area contributed by atoms with Gasteiger partial charge in [-0.1, -0.05) is 29.3 Å². The van der Waals surface area contributed by atoms with Crippen LogP contribution in [0.2, 0.25) is 10.0 Å². The number of hydrogen-bond donors (Lipinski definition) is 1. The van der Waals surface area contributed by atoms with Crippen LogP contribution in [0, 0.1) is 0 Å². The minimum absolute atomic E-state index is 0.0115. The molecule has 0 aliphatic carbocycles. The van der Waals surface area contributed by atoms with E-state index in [0.717, 1.165) is 5.56 Å². The van der Waals surface area contributed by atoms with Crippen LogP contribution in [0.5, 0.6) is 5.75 Å². The number of hydrogen-bond acceptors (Lipinski definition) is 2. The zero-order valence-corrected chi connectivity index (χ0v) is 10.7. The van der Waals surface area contributed by atoms with Crippen LogP contribution in [-0.4, -0.2) is 20.0 Å². The normalized spacial score (nSPS) is 12.6. The van der Waals surface area contributed by atoms with Crippen molar-refractivity contribution in [2.24, 2.45) is 0 Å². The third-order valence-electron chi connectivity index (χ3n) is 2.17. The van der Waals surface area contributed by atoms with Crippen LogP contribution in [0.3, 0.4) is 0 Å². The van der Waals surface area contributed by atoms with E-state index in [4.69, 9.17) is 39.5 Å². The average Bonchev–Trinajstić information content (AvgIpc) is 2.26. The topological polar surface area (TPSA) is 21.3 Å². The fourth-order valence-electron chi connectivity index (χ4n) is 1.29. The van der Waals surface area contributed by atoms with Gasteiger partial charge < -0.3 is 10.1 Å². The van der Waals surface area contributed by atoms with Crippen LogP contribution in [0.1, 0.15) is 11.6 Å². The maximum Gasteiger partial charge on any atom is 0.139 e. The van der Waals surface area contributed by atoms with Gasteiger partial charge in [0.25, 0.3) is 0 Å². The Bertz CT molecular complexity index is 340. The number of benzene rings is 1. The molecule has 1 atom stereocenters. The Morgan fingerprint density at radius 3 is 2.47 bits per heavy atom. The van der Waals surface area contributed by atoms with E-state index in [0.29, 0.717) is 21.7 Å². The second-order valence-corrected chi connectivity index (χ2v) is 4.05. The van der Waals surface area contributed by atoms with E-state index < -0.39 is 0 Å². The first-order valence-electron chi connectivity index (χ1n) is 4.40. The SMILES string of the molecule is CNC(CCl)c1ccc(OC)c(Cl)c1Cl. The highest BCUT2D eigenvalue weighted by molar-refractivity contribution is 6.43. The Morgan fingerprint density at radius 1 is 1.33 bits per heavy atom. The predicted molar refractivity (Wildman–Crippen MR) is 65.5 cm³/mol. The molecule has 1 unspecified atom stereocenters. The summed E-state index contributed by atoms with van der Waals surface area (Å²) in [5, 5.41) is 3.96. The van der Waals surface area contributed by atoms with Gasteiger partial charge in [-0.25, -0.2) is 0 Å². The molecule has 0 heterocycles. The lowest BCUT2D eigenvalue weighted by Crippen LogP contribution is -2.18. The van der Waals surface area contributed by atoms with Gasteiger partial charge in [-0.3, -0.25) is 0 Å². The molecule has 0 fully saturated rings. The first-order valence-corrected chi connectivity index (χ1v) is 5.69. The fourth-order valence-corrected chi connectivity index (χ4v) is 2.15. The minimum atomic E-state index is -0.0115. The molecule has 0 bridgehead atoms. The van der Waals surface area contributed by atoms with Crippen molar-refractivity contribution in [2.75, 3.05) is 20.0 Å². The van der Waals surface area contributed by atoms with E-state index in [-0.39, 0.29) is 6.04 Å². The molecule has 0 radical (unpaired) electrons. The summed E-state index contributed by atoms with van der Waals surface area (Å²) in [7, 11) is 3.37. The number of rotatable bonds is 4. The molecule has 1 aromatic rings. The number of methoxy groups -OCH3 is 1. The summed E-state index contributed by atoms with van der Waals surface area (Å²) in [6.07, 6.45) is 0. The Hall–Kier alpha value is -0.150. The number of ether oxygens (including phenoxy) is 1. The predicted octanol–water partition coefficient (Wildman–Crippen LogP) is 3.50. The average molecular weight is 269 g/mol. The van der Waals surface area contributed by atoms with E-state index >= 15 is 0 Å². The lowest BCUT2D eigenvalue weighted by molar-refractivity contribution is 0.414. The van der Waals surface area contributed by atoms with E-state index in [1.807, 2.05) is 13.1 Å². The molecule has 0 saturated carbocycles. The Kier molecular flexibility index (Phi) is 5.00. The number of alkyl halides is 1. The molecule has 0 aliphatic rings. The van der Waals surface area contributed by atoms with E-state index in [9.17, 15) is 0 Å². The maximum absolute atomic E-state index is 6.12. The Balaban J connectivity index is 3.16. The first-order chi connectivity index (χ1) is 7.15. The van der Waals surface area contributed by atoms with Crippen molar-refractivity contribution in [3.63, 3.8) is 0 Å². The molecule has 15 heavy (non-hydrogen) atoms. The molecule has 1 aromatic carbocycles. The highest BCUT2D eigenvalue weighted by Crippen LogP contribution is 2.37. The zero-order chi connectivity index (χ0) is 11.4. The van der Waals surface area contributed by atoms with E-state index in [1.54, 1.807) is 13.2 Å². The van der Waals surface area contributed by atoms with Gasteiger partial charge in [0.05, 0.1) is 12.1 Å². The van der Waals surface area contributed by atoms with Gasteiger partial charge in [-0.05, 0) is 18.7 Å². The standard InChI is InChI=1S/C10H12Cl3NO/c1-14-7(5-11)6-3-4-8(15-2)10(13)9(6)12/h3-4,7,14H,5H2,1-2H3. The second-order valence-electron chi connectivity index (χ2n) is 2.98. The number of nitrogens with one attached hydrogen (secondary N) is 1. The lowest BCUT2D eigenvalue weighted by Gasteiger charge is -2.16. The van der Waals surface area contributed by atoms with E-state index in [1.165, 1.54) is 0 Å². The van der Waals surface area contributed by atoms with Crippen molar-refractivity contribution in [3.8, 4) is 5.75 Å². The van der Waals surface area contributed by atoms with E-state index in [2.05, 4.69) is 5.32 Å². The third-order valence-corrected chi connectivity index (χ3v) is 3.36. The van der Waals surface area contributed by atoms with Crippen molar-refractivity contribution in [1.82, 2.24) is 5.32 Å². The summed E-state index contributed by atoms with van der Waals surface area (Å²) in [6.45, 7) is 0. The van der Waals surface area contributed by atoms with Gasteiger partial charge >= 0.3 is 0 Å². The highest BCUT2D eigenvalue weighted by atomic mass is 35.5. The smallest absolute Gasteiger partial charge is 0.139 e. The molecule has 0 aromatic heterocycles. The van der Waals surface area contributed by atoms with Gasteiger partial charge in [0.15, 0.2) is 0 Å². The van der Waals surface area contributed by atoms with Crippen molar-refractivity contribution < 1.29 is 4.74 Å². The van der Waals surface area contributed by atoms with Crippen molar-refractivity contribution in [2.45, 2.75) is 6.04 Å². The molecule has 0 spiro atoms. The van der Waals surface area contributed by atoms with Crippen LogP contribution in [-0.2, 0) is 0 Å². The van der Waals surface area contributed by atoms with Crippen molar-refractivity contribution in [3.05, 3.63) is 27.7 Å². The molecule has 5 heteroatoms. The Labute approximate surface area is 104 Å². The monoisotopic (exact) mass is 267 g/mol. The summed E-state index contributed by atoms with van der Waals surface area (Å²) >= 11 is 18.0. The lowest BCUT2D eigenvalue weighted by atomic mass is 10.1. The summed E-state index contributed by atoms with van der Waals surface area (Å²) in [5.41, 5.74) is 0.875. The third kappa shape index (κ3) is 2.70. The van der Waals surface area contributed by atoms with Crippen LogP contribution in [0.15, 0.2) is 12.1 Å². The summed E-state index contributed by atoms with van der Waals surface area (Å²) in [5.74, 6) is 0.994. The molecule has 0 saturated heterocycles. The van der Waals surface area contributed by atoms with Crippen LogP contribution < -0.4 is 10.1 Å². The van der Waals surface area contributed by atoms with Crippen LogP contribution >= 0.6 is 34.8 Å². The molecule has 2 nitrogen and oxygen atoms in total. The highest BCUT2D eigenvalue weighted by Gasteiger charge is 2.16. The molecule has 1 rings (SSSR count). The fraction of sp³-hybridized carbons (Fsp3) is 0.400. The Morgan fingerprint density at radius 2 is 2.00 bits per heavy atom.